The Balaban J connectivity index is 0.00000320. The van der Waals surface area contributed by atoms with Gasteiger partial charge in [-0.3, -0.25) is 4.99 Å². The van der Waals surface area contributed by atoms with Gasteiger partial charge in [-0.15, -0.1) is 24.0 Å². The van der Waals surface area contributed by atoms with Gasteiger partial charge in [0.25, 0.3) is 0 Å². The first-order valence-corrected chi connectivity index (χ1v) is 12.3. The minimum absolute atomic E-state index is 0. The van der Waals surface area contributed by atoms with Crippen LogP contribution in [0, 0.1) is 11.8 Å². The third kappa shape index (κ3) is 8.32. The SMILES string of the molecule is CN=C(NCCS(=O)(=O)NCC1CCC1)N1CCC(COCc2ccccc2)C1.I. The molecule has 2 N–H and O–H groups in total. The Morgan fingerprint density at radius 2 is 1.97 bits per heavy atom. The Morgan fingerprint density at radius 1 is 1.20 bits per heavy atom. The number of ether oxygens (including phenoxy) is 1. The maximum Gasteiger partial charge on any atom is 0.213 e. The molecule has 0 amide bonds. The maximum absolute atomic E-state index is 12.1. The van der Waals surface area contributed by atoms with E-state index >= 15 is 0 Å². The number of hydrogen-bond acceptors (Lipinski definition) is 4. The zero-order chi connectivity index (χ0) is 20.5. The molecule has 7 nitrogen and oxygen atoms in total. The summed E-state index contributed by atoms with van der Waals surface area (Å²) in [6.07, 6.45) is 4.55. The first-order valence-electron chi connectivity index (χ1n) is 10.6. The van der Waals surface area contributed by atoms with E-state index in [1.165, 1.54) is 12.0 Å². The van der Waals surface area contributed by atoms with Crippen molar-refractivity contribution in [2.75, 3.05) is 45.6 Å². The van der Waals surface area contributed by atoms with Crippen LogP contribution in [0.15, 0.2) is 35.3 Å². The number of likely N-dealkylation sites (tertiary alicyclic amines) is 1. The van der Waals surface area contributed by atoms with Crippen LogP contribution in [0.4, 0.5) is 0 Å². The standard InChI is InChI=1S/C21H34N4O3S.HI/c1-22-21(23-11-13-29(26,27)24-14-18-8-5-9-18)25-12-10-20(15-25)17-28-16-19-6-3-2-4-7-19;/h2-4,6-7,18,20,24H,5,8-17H2,1H3,(H,22,23);1H. The number of guanidine groups is 1. The molecule has 1 saturated heterocycles. The van der Waals surface area contributed by atoms with Crippen molar-refractivity contribution in [3.63, 3.8) is 0 Å². The topological polar surface area (TPSA) is 83.0 Å². The summed E-state index contributed by atoms with van der Waals surface area (Å²) < 4.78 is 32.9. The summed E-state index contributed by atoms with van der Waals surface area (Å²) in [6, 6.07) is 10.2. The van der Waals surface area contributed by atoms with E-state index in [1.54, 1.807) is 7.05 Å². The Bertz CT molecular complexity index is 757. The Kier molecular flexibility index (Phi) is 10.8. The lowest BCUT2D eigenvalue weighted by molar-refractivity contribution is 0.0907. The van der Waals surface area contributed by atoms with Crippen molar-refractivity contribution in [3.8, 4) is 0 Å². The number of sulfonamides is 1. The van der Waals surface area contributed by atoms with E-state index < -0.39 is 10.0 Å². The summed E-state index contributed by atoms with van der Waals surface area (Å²) in [5.74, 6) is 1.82. The smallest absolute Gasteiger partial charge is 0.213 e. The van der Waals surface area contributed by atoms with Crippen molar-refractivity contribution in [1.29, 1.82) is 0 Å². The molecule has 1 atom stereocenters. The predicted molar refractivity (Wildman–Crippen MR) is 132 cm³/mol. The van der Waals surface area contributed by atoms with Crippen molar-refractivity contribution in [3.05, 3.63) is 35.9 Å². The fourth-order valence-corrected chi connectivity index (χ4v) is 4.73. The van der Waals surface area contributed by atoms with E-state index in [4.69, 9.17) is 4.74 Å². The quantitative estimate of drug-likeness (QED) is 0.266. The average Bonchev–Trinajstić information content (AvgIpc) is 3.13. The first kappa shape index (κ1) is 25.4. The highest BCUT2D eigenvalue weighted by atomic mass is 127. The lowest BCUT2D eigenvalue weighted by Gasteiger charge is -2.25. The van der Waals surface area contributed by atoms with Crippen molar-refractivity contribution in [2.45, 2.75) is 32.3 Å². The highest BCUT2D eigenvalue weighted by Crippen LogP contribution is 2.25. The number of benzene rings is 1. The third-order valence-electron chi connectivity index (χ3n) is 5.73. The first-order chi connectivity index (χ1) is 14.1. The van der Waals surface area contributed by atoms with Crippen LogP contribution < -0.4 is 10.0 Å². The van der Waals surface area contributed by atoms with Crippen molar-refractivity contribution >= 4 is 40.0 Å². The van der Waals surface area contributed by atoms with Gasteiger partial charge in [-0.25, -0.2) is 13.1 Å². The molecule has 170 valence electrons. The van der Waals surface area contributed by atoms with E-state index in [1.807, 2.05) is 18.2 Å². The van der Waals surface area contributed by atoms with E-state index in [-0.39, 0.29) is 29.7 Å². The van der Waals surface area contributed by atoms with Gasteiger partial charge in [-0.2, -0.15) is 0 Å². The van der Waals surface area contributed by atoms with Gasteiger partial charge in [0, 0.05) is 39.1 Å². The molecule has 1 saturated carbocycles. The van der Waals surface area contributed by atoms with Crippen LogP contribution in [0.5, 0.6) is 0 Å². The number of nitrogens with one attached hydrogen (secondary N) is 2. The van der Waals surface area contributed by atoms with Gasteiger partial charge >= 0.3 is 0 Å². The number of halogens is 1. The Hall–Kier alpha value is -0.910. The van der Waals surface area contributed by atoms with E-state index in [9.17, 15) is 8.42 Å². The molecule has 1 aromatic carbocycles. The molecule has 9 heteroatoms. The summed E-state index contributed by atoms with van der Waals surface area (Å²) in [7, 11) is -1.49. The molecular weight excluding hydrogens is 515 g/mol. The molecule has 1 aromatic rings. The predicted octanol–water partition coefficient (Wildman–Crippen LogP) is 2.44. The second kappa shape index (κ2) is 12.8. The molecule has 0 aromatic heterocycles. The van der Waals surface area contributed by atoms with E-state index in [0.717, 1.165) is 44.9 Å². The summed E-state index contributed by atoms with van der Waals surface area (Å²) >= 11 is 0. The van der Waals surface area contributed by atoms with Crippen molar-refractivity contribution < 1.29 is 13.2 Å². The van der Waals surface area contributed by atoms with Crippen LogP contribution in [0.1, 0.15) is 31.2 Å². The van der Waals surface area contributed by atoms with Crippen LogP contribution in [0.25, 0.3) is 0 Å². The zero-order valence-electron chi connectivity index (χ0n) is 17.8. The molecule has 0 spiro atoms. The molecule has 1 aliphatic heterocycles. The lowest BCUT2D eigenvalue weighted by atomic mass is 9.86. The van der Waals surface area contributed by atoms with Crippen LogP contribution >= 0.6 is 24.0 Å². The molecule has 3 rings (SSSR count). The summed E-state index contributed by atoms with van der Waals surface area (Å²) in [5.41, 5.74) is 1.19. The molecule has 30 heavy (non-hydrogen) atoms. The van der Waals surface area contributed by atoms with Crippen LogP contribution in [-0.4, -0.2) is 64.9 Å². The maximum atomic E-state index is 12.1. The highest BCUT2D eigenvalue weighted by Gasteiger charge is 2.25. The monoisotopic (exact) mass is 550 g/mol. The second-order valence-corrected chi connectivity index (χ2v) is 9.97. The van der Waals surface area contributed by atoms with Gasteiger partial charge in [0.2, 0.25) is 10.0 Å². The molecule has 1 heterocycles. The molecule has 0 radical (unpaired) electrons. The van der Waals surface area contributed by atoms with Gasteiger partial charge in [0.1, 0.15) is 0 Å². The minimum Gasteiger partial charge on any atom is -0.376 e. The number of nitrogens with zero attached hydrogens (tertiary/aromatic N) is 2. The zero-order valence-corrected chi connectivity index (χ0v) is 20.9. The van der Waals surface area contributed by atoms with Crippen molar-refractivity contribution in [1.82, 2.24) is 14.9 Å². The number of hydrogen-bond donors (Lipinski definition) is 2. The normalized spacial score (nSPS) is 20.0. The van der Waals surface area contributed by atoms with Crippen molar-refractivity contribution in [2.24, 2.45) is 16.8 Å². The lowest BCUT2D eigenvalue weighted by Crippen LogP contribution is -2.43. The van der Waals surface area contributed by atoms with Gasteiger partial charge in [0.15, 0.2) is 5.96 Å². The van der Waals surface area contributed by atoms with Gasteiger partial charge < -0.3 is 15.0 Å². The largest absolute Gasteiger partial charge is 0.376 e. The van der Waals surface area contributed by atoms with E-state index in [0.29, 0.717) is 31.5 Å². The van der Waals surface area contributed by atoms with Gasteiger partial charge in [0.05, 0.1) is 19.0 Å². The van der Waals surface area contributed by atoms with Crippen LogP contribution in [0.2, 0.25) is 0 Å². The molecule has 2 aliphatic rings. The summed E-state index contributed by atoms with van der Waals surface area (Å²) in [5, 5.41) is 3.20. The van der Waals surface area contributed by atoms with Crippen LogP contribution in [-0.2, 0) is 21.4 Å². The Morgan fingerprint density at radius 3 is 2.63 bits per heavy atom. The number of aliphatic imine (C=N–C) groups is 1. The number of rotatable bonds is 10. The fourth-order valence-electron chi connectivity index (χ4n) is 3.72. The van der Waals surface area contributed by atoms with E-state index in [2.05, 4.69) is 32.1 Å². The summed E-state index contributed by atoms with van der Waals surface area (Å²) in [4.78, 5) is 6.51. The fraction of sp³-hybridized carbons (Fsp3) is 0.667. The molecular formula is C21H35IN4O3S. The molecule has 2 fully saturated rings. The van der Waals surface area contributed by atoms with Gasteiger partial charge in [-0.1, -0.05) is 36.8 Å². The molecule has 1 aliphatic carbocycles. The van der Waals surface area contributed by atoms with Gasteiger partial charge in [-0.05, 0) is 30.7 Å². The second-order valence-electron chi connectivity index (χ2n) is 8.04. The third-order valence-corrected chi connectivity index (χ3v) is 7.08. The highest BCUT2D eigenvalue weighted by molar-refractivity contribution is 14.0. The summed E-state index contributed by atoms with van der Waals surface area (Å²) in [6.45, 7) is 4.08. The Labute approximate surface area is 198 Å². The molecule has 0 bridgehead atoms. The average molecular weight is 551 g/mol. The van der Waals surface area contributed by atoms with Crippen LogP contribution in [0.3, 0.4) is 0 Å². The minimum atomic E-state index is -3.24. The molecule has 1 unspecified atom stereocenters.